The highest BCUT2D eigenvalue weighted by atomic mass is 35.5. The van der Waals surface area contributed by atoms with Crippen LogP contribution in [-0.2, 0) is 20.9 Å². The Morgan fingerprint density at radius 2 is 2.38 bits per heavy atom. The molecule has 0 aliphatic heterocycles. The molecule has 1 aromatic rings. The quantitative estimate of drug-likeness (QED) is 0.378. The van der Waals surface area contributed by atoms with Crippen LogP contribution in [0.15, 0.2) is 46.8 Å². The van der Waals surface area contributed by atoms with Crippen molar-refractivity contribution >= 4 is 23.8 Å². The predicted octanol–water partition coefficient (Wildman–Crippen LogP) is 2.08. The number of hydrogen-bond acceptors (Lipinski definition) is 4. The molecule has 1 heterocycles. The van der Waals surface area contributed by atoms with Crippen molar-refractivity contribution in [1.82, 2.24) is 10.3 Å². The van der Waals surface area contributed by atoms with Crippen molar-refractivity contribution in [1.29, 1.82) is 0 Å². The van der Waals surface area contributed by atoms with Crippen LogP contribution in [0.25, 0.3) is 0 Å². The number of pyridine rings is 1. The van der Waals surface area contributed by atoms with Gasteiger partial charge in [0, 0.05) is 12.6 Å². The highest BCUT2D eigenvalue weighted by Crippen LogP contribution is 2.33. The van der Waals surface area contributed by atoms with Crippen molar-refractivity contribution < 1.29 is 14.3 Å². The van der Waals surface area contributed by atoms with Gasteiger partial charge in [0.2, 0.25) is 0 Å². The summed E-state index contributed by atoms with van der Waals surface area (Å²) in [6, 6.07) is 5.27. The van der Waals surface area contributed by atoms with Crippen LogP contribution in [0.1, 0.15) is 19.0 Å². The summed E-state index contributed by atoms with van der Waals surface area (Å²) in [5.41, 5.74) is 0.890. The Kier molecular flexibility index (Phi) is 5.11. The van der Waals surface area contributed by atoms with Gasteiger partial charge in [0.05, 0.1) is 22.3 Å². The second kappa shape index (κ2) is 7.04. The number of allylic oxidation sites excluding steroid dienone is 1. The first-order chi connectivity index (χ1) is 10.2. The van der Waals surface area contributed by atoms with Crippen LogP contribution in [0.2, 0.25) is 0 Å². The van der Waals surface area contributed by atoms with Crippen LogP contribution in [0.4, 0.5) is 0 Å². The zero-order chi connectivity index (χ0) is 15.2. The van der Waals surface area contributed by atoms with E-state index in [0.29, 0.717) is 30.1 Å². The van der Waals surface area contributed by atoms with Gasteiger partial charge in [-0.25, -0.2) is 0 Å². The molecular weight excluding hydrogens is 292 g/mol. The van der Waals surface area contributed by atoms with Crippen LogP contribution in [-0.4, -0.2) is 23.2 Å². The van der Waals surface area contributed by atoms with Crippen molar-refractivity contribution in [2.75, 3.05) is 0 Å². The smallest absolute Gasteiger partial charge is 0.254 e. The van der Waals surface area contributed by atoms with E-state index in [4.69, 9.17) is 16.3 Å². The van der Waals surface area contributed by atoms with Crippen molar-refractivity contribution in [2.45, 2.75) is 26.0 Å². The molecule has 0 spiro atoms. The lowest BCUT2D eigenvalue weighted by molar-refractivity contribution is -0.119. The molecule has 2 rings (SSSR count). The molecule has 1 aromatic heterocycles. The minimum absolute atomic E-state index is 0.0855. The van der Waals surface area contributed by atoms with E-state index in [1.807, 2.05) is 18.2 Å². The summed E-state index contributed by atoms with van der Waals surface area (Å²) < 4.78 is 5.55. The number of halogens is 1. The van der Waals surface area contributed by atoms with E-state index in [-0.39, 0.29) is 11.6 Å². The highest BCUT2D eigenvalue weighted by Gasteiger charge is 2.31. The maximum Gasteiger partial charge on any atom is 0.254 e. The number of rotatable bonds is 6. The normalized spacial score (nSPS) is 18.0. The molecule has 0 saturated carbocycles. The average molecular weight is 307 g/mol. The van der Waals surface area contributed by atoms with Gasteiger partial charge in [0.15, 0.2) is 6.29 Å². The molecule has 0 radical (unpaired) electrons. The fourth-order valence-electron chi connectivity index (χ4n) is 1.82. The Bertz CT molecular complexity index is 596. The van der Waals surface area contributed by atoms with Crippen LogP contribution in [0.3, 0.4) is 0 Å². The predicted molar refractivity (Wildman–Crippen MR) is 78.3 cm³/mol. The molecule has 0 fully saturated rings. The summed E-state index contributed by atoms with van der Waals surface area (Å²) >= 11 is 6.09. The SMILES string of the molecule is C/C=C(/C=O)C(=O)N[C@@H]1CC(OCc2ccccn2)=C1Cl. The molecular formula is C15H15ClN2O3. The fraction of sp³-hybridized carbons (Fsp3) is 0.267. The number of carbonyl (C=O) groups is 2. The van der Waals surface area contributed by atoms with Gasteiger partial charge in [-0.05, 0) is 19.1 Å². The molecule has 1 N–H and O–H groups in total. The van der Waals surface area contributed by atoms with Crippen LogP contribution in [0, 0.1) is 0 Å². The average Bonchev–Trinajstić information content (AvgIpc) is 2.52. The number of amides is 1. The summed E-state index contributed by atoms with van der Waals surface area (Å²) in [7, 11) is 0. The van der Waals surface area contributed by atoms with Crippen LogP contribution >= 0.6 is 11.6 Å². The standard InChI is InChI=1S/C15H15ClN2O3/c1-2-10(8-19)15(20)18-12-7-13(14(12)16)21-9-11-5-3-4-6-17-11/h2-6,8,12H,7,9H2,1H3,(H,18,20)/b10-2-/t12-/m1/s1. The summed E-state index contributed by atoms with van der Waals surface area (Å²) in [5, 5.41) is 3.13. The molecule has 0 unspecified atom stereocenters. The third-order valence-corrected chi connectivity index (χ3v) is 3.56. The number of carbonyl (C=O) groups excluding carboxylic acids is 2. The van der Waals surface area contributed by atoms with Crippen LogP contribution < -0.4 is 5.32 Å². The van der Waals surface area contributed by atoms with E-state index in [0.717, 1.165) is 5.69 Å². The molecule has 0 aromatic carbocycles. The van der Waals surface area contributed by atoms with Crippen LogP contribution in [0.5, 0.6) is 0 Å². The largest absolute Gasteiger partial charge is 0.490 e. The van der Waals surface area contributed by atoms with E-state index >= 15 is 0 Å². The minimum atomic E-state index is -0.431. The second-order valence-electron chi connectivity index (χ2n) is 4.47. The van der Waals surface area contributed by atoms with Gasteiger partial charge < -0.3 is 10.1 Å². The maximum absolute atomic E-state index is 11.7. The van der Waals surface area contributed by atoms with E-state index in [1.54, 1.807) is 13.1 Å². The van der Waals surface area contributed by atoms with E-state index in [2.05, 4.69) is 10.3 Å². The Morgan fingerprint density at radius 3 is 2.95 bits per heavy atom. The summed E-state index contributed by atoms with van der Waals surface area (Å²) in [4.78, 5) is 26.5. The molecule has 5 nitrogen and oxygen atoms in total. The summed E-state index contributed by atoms with van der Waals surface area (Å²) in [5.74, 6) is 0.208. The Balaban J connectivity index is 1.87. The number of nitrogens with one attached hydrogen (secondary N) is 1. The Hall–Kier alpha value is -2.14. The molecule has 0 saturated heterocycles. The molecule has 6 heteroatoms. The van der Waals surface area contributed by atoms with E-state index in [9.17, 15) is 9.59 Å². The number of ether oxygens (including phenoxy) is 1. The number of nitrogens with zero attached hydrogens (tertiary/aromatic N) is 1. The van der Waals surface area contributed by atoms with E-state index < -0.39 is 5.91 Å². The van der Waals surface area contributed by atoms with Crippen molar-refractivity contribution in [3.63, 3.8) is 0 Å². The van der Waals surface area contributed by atoms with Crippen molar-refractivity contribution in [2.24, 2.45) is 0 Å². The van der Waals surface area contributed by atoms with Gasteiger partial charge in [-0.3, -0.25) is 14.6 Å². The monoisotopic (exact) mass is 306 g/mol. The number of aromatic nitrogens is 1. The highest BCUT2D eigenvalue weighted by molar-refractivity contribution is 6.31. The molecule has 1 aliphatic carbocycles. The molecule has 1 aliphatic rings. The second-order valence-corrected chi connectivity index (χ2v) is 4.88. The number of aldehydes is 1. The van der Waals surface area contributed by atoms with E-state index in [1.165, 1.54) is 6.08 Å². The van der Waals surface area contributed by atoms with Gasteiger partial charge in [0.25, 0.3) is 5.91 Å². The molecule has 1 amide bonds. The lowest BCUT2D eigenvalue weighted by Crippen LogP contribution is -2.42. The first-order valence-corrected chi connectivity index (χ1v) is 6.87. The summed E-state index contributed by atoms with van der Waals surface area (Å²) in [6.07, 6.45) is 4.17. The zero-order valence-corrected chi connectivity index (χ0v) is 12.3. The first-order valence-electron chi connectivity index (χ1n) is 6.49. The van der Waals surface area contributed by atoms with Gasteiger partial charge in [-0.2, -0.15) is 0 Å². The van der Waals surface area contributed by atoms with Gasteiger partial charge >= 0.3 is 0 Å². The maximum atomic E-state index is 11.7. The molecule has 1 atom stereocenters. The fourth-order valence-corrected chi connectivity index (χ4v) is 2.08. The molecule has 110 valence electrons. The molecule has 0 bridgehead atoms. The van der Waals surface area contributed by atoms with Crippen molar-refractivity contribution in [3.05, 3.63) is 52.5 Å². The Labute approximate surface area is 127 Å². The van der Waals surface area contributed by atoms with Gasteiger partial charge in [0.1, 0.15) is 12.4 Å². The third kappa shape index (κ3) is 3.70. The van der Waals surface area contributed by atoms with Gasteiger partial charge in [-0.1, -0.05) is 23.7 Å². The van der Waals surface area contributed by atoms with Crippen molar-refractivity contribution in [3.8, 4) is 0 Å². The minimum Gasteiger partial charge on any atom is -0.490 e. The lowest BCUT2D eigenvalue weighted by Gasteiger charge is -2.29. The third-order valence-electron chi connectivity index (χ3n) is 3.09. The molecule has 21 heavy (non-hydrogen) atoms. The zero-order valence-electron chi connectivity index (χ0n) is 11.5. The first kappa shape index (κ1) is 15.3. The number of hydrogen-bond donors (Lipinski definition) is 1. The lowest BCUT2D eigenvalue weighted by atomic mass is 10.00. The summed E-state index contributed by atoms with van der Waals surface area (Å²) in [6.45, 7) is 1.96. The van der Waals surface area contributed by atoms with Gasteiger partial charge in [-0.15, -0.1) is 0 Å². The topological polar surface area (TPSA) is 68.3 Å². The Morgan fingerprint density at radius 1 is 1.57 bits per heavy atom.